The third-order valence-corrected chi connectivity index (χ3v) is 2.90. The normalized spacial score (nSPS) is 15.8. The van der Waals surface area contributed by atoms with Gasteiger partial charge in [0.25, 0.3) is 0 Å². The minimum Gasteiger partial charge on any atom is -0.467 e. The molecule has 8 heteroatoms. The van der Waals surface area contributed by atoms with Crippen LogP contribution in [0.5, 0.6) is 0 Å². The molecule has 0 unspecified atom stereocenters. The molecule has 1 heterocycles. The van der Waals surface area contributed by atoms with Crippen LogP contribution in [-0.4, -0.2) is 57.1 Å². The van der Waals surface area contributed by atoms with E-state index in [9.17, 15) is 14.4 Å². The third-order valence-electron chi connectivity index (χ3n) is 2.90. The zero-order valence-corrected chi connectivity index (χ0v) is 11.8. The van der Waals surface area contributed by atoms with E-state index in [1.807, 2.05) is 0 Å². The van der Waals surface area contributed by atoms with Gasteiger partial charge in [-0.3, -0.25) is 4.79 Å². The van der Waals surface area contributed by atoms with Crippen molar-refractivity contribution in [3.05, 3.63) is 0 Å². The van der Waals surface area contributed by atoms with Crippen molar-refractivity contribution in [2.45, 2.75) is 31.6 Å². The van der Waals surface area contributed by atoms with E-state index in [0.717, 1.165) is 14.2 Å². The van der Waals surface area contributed by atoms with Crippen molar-refractivity contribution in [2.24, 2.45) is 0 Å². The van der Waals surface area contributed by atoms with Gasteiger partial charge in [0.15, 0.2) is 6.29 Å². The molecule has 0 radical (unpaired) electrons. The molecule has 8 nitrogen and oxygen atoms in total. The third kappa shape index (κ3) is 3.67. The number of esters is 2. The van der Waals surface area contributed by atoms with Crippen molar-refractivity contribution in [1.29, 1.82) is 0 Å². The average molecular weight is 289 g/mol. The molecule has 0 aromatic carbocycles. The predicted molar refractivity (Wildman–Crippen MR) is 65.5 cm³/mol. The Morgan fingerprint density at radius 1 is 1.15 bits per heavy atom. The highest BCUT2D eigenvalue weighted by Gasteiger charge is 2.49. The second-order valence-corrected chi connectivity index (χ2v) is 4.28. The van der Waals surface area contributed by atoms with Crippen LogP contribution < -0.4 is 5.32 Å². The topological polar surface area (TPSA) is 100 Å². The fourth-order valence-electron chi connectivity index (χ4n) is 2.01. The molecule has 0 atom stereocenters. The minimum absolute atomic E-state index is 0.0450. The van der Waals surface area contributed by atoms with Gasteiger partial charge in [-0.2, -0.15) is 0 Å². The Hall–Kier alpha value is -1.67. The molecule has 1 amide bonds. The number of hydrogen-bond donors (Lipinski definition) is 1. The van der Waals surface area contributed by atoms with Crippen molar-refractivity contribution in [2.75, 3.05) is 27.4 Å². The van der Waals surface area contributed by atoms with Crippen LogP contribution in [0.15, 0.2) is 0 Å². The summed E-state index contributed by atoms with van der Waals surface area (Å²) in [5.41, 5.74) is -1.88. The number of carbonyl (C=O) groups excluding carboxylic acids is 3. The first-order valence-electron chi connectivity index (χ1n) is 6.15. The lowest BCUT2D eigenvalue weighted by molar-refractivity contribution is -0.166. The minimum atomic E-state index is -1.88. The maximum Gasteiger partial charge on any atom is 0.343 e. The molecule has 114 valence electrons. The first-order chi connectivity index (χ1) is 9.46. The summed E-state index contributed by atoms with van der Waals surface area (Å²) >= 11 is 0. The van der Waals surface area contributed by atoms with Crippen LogP contribution in [0.2, 0.25) is 0 Å². The van der Waals surface area contributed by atoms with Crippen LogP contribution in [0.1, 0.15) is 19.8 Å². The summed E-state index contributed by atoms with van der Waals surface area (Å²) in [6.07, 6.45) is -0.321. The van der Waals surface area contributed by atoms with E-state index >= 15 is 0 Å². The lowest BCUT2D eigenvalue weighted by atomic mass is 9.92. The van der Waals surface area contributed by atoms with Crippen LogP contribution in [0, 0.1) is 0 Å². The fraction of sp³-hybridized carbons (Fsp3) is 0.750. The molecule has 1 saturated heterocycles. The summed E-state index contributed by atoms with van der Waals surface area (Å²) in [6, 6.07) is 0. The lowest BCUT2D eigenvalue weighted by Gasteiger charge is -2.29. The van der Waals surface area contributed by atoms with Crippen molar-refractivity contribution < 1.29 is 33.3 Å². The molecule has 1 fully saturated rings. The molecule has 0 saturated carbocycles. The molecule has 1 N–H and O–H groups in total. The molecule has 1 aliphatic rings. The number of nitrogens with one attached hydrogen (secondary N) is 1. The Morgan fingerprint density at radius 3 is 2.05 bits per heavy atom. The summed E-state index contributed by atoms with van der Waals surface area (Å²) < 4.78 is 19.7. The standard InChI is InChI=1S/C12H19NO7/c1-8(14)13-12(10(15)17-2,11(16)18-3)5-4-9-19-6-7-20-9/h9H,4-7H2,1-3H3,(H,13,14). The van der Waals surface area contributed by atoms with Crippen LogP contribution in [0.4, 0.5) is 0 Å². The molecule has 0 aromatic heterocycles. The predicted octanol–water partition coefficient (Wildman–Crippen LogP) is -0.640. The summed E-state index contributed by atoms with van der Waals surface area (Å²) in [6.45, 7) is 2.10. The van der Waals surface area contributed by atoms with E-state index in [2.05, 4.69) is 14.8 Å². The Bertz CT molecular complexity index is 360. The van der Waals surface area contributed by atoms with Gasteiger partial charge in [0, 0.05) is 13.3 Å². The van der Waals surface area contributed by atoms with E-state index in [4.69, 9.17) is 9.47 Å². The maximum atomic E-state index is 12.0. The zero-order valence-electron chi connectivity index (χ0n) is 11.8. The van der Waals surface area contributed by atoms with Gasteiger partial charge < -0.3 is 24.3 Å². The molecule has 0 aliphatic carbocycles. The zero-order chi connectivity index (χ0) is 15.2. The Labute approximate surface area is 116 Å². The van der Waals surface area contributed by atoms with Gasteiger partial charge in [0.2, 0.25) is 11.4 Å². The van der Waals surface area contributed by atoms with Crippen LogP contribution in [0.25, 0.3) is 0 Å². The quantitative estimate of drug-likeness (QED) is 0.512. The highest BCUT2D eigenvalue weighted by atomic mass is 16.7. The van der Waals surface area contributed by atoms with Crippen molar-refractivity contribution in [3.8, 4) is 0 Å². The monoisotopic (exact) mass is 289 g/mol. The smallest absolute Gasteiger partial charge is 0.343 e. The number of ether oxygens (including phenoxy) is 4. The highest BCUT2D eigenvalue weighted by molar-refractivity contribution is 6.07. The van der Waals surface area contributed by atoms with Crippen molar-refractivity contribution >= 4 is 17.8 Å². The van der Waals surface area contributed by atoms with Gasteiger partial charge in [0.1, 0.15) is 0 Å². The number of hydrogen-bond acceptors (Lipinski definition) is 7. The van der Waals surface area contributed by atoms with Gasteiger partial charge in [-0.05, 0) is 6.42 Å². The van der Waals surface area contributed by atoms with Gasteiger partial charge >= 0.3 is 11.9 Å². The second kappa shape index (κ2) is 7.20. The number of methoxy groups -OCH3 is 2. The van der Waals surface area contributed by atoms with Gasteiger partial charge in [-0.25, -0.2) is 9.59 Å². The van der Waals surface area contributed by atoms with E-state index in [1.165, 1.54) is 6.92 Å². The van der Waals surface area contributed by atoms with Crippen molar-refractivity contribution in [1.82, 2.24) is 5.32 Å². The highest BCUT2D eigenvalue weighted by Crippen LogP contribution is 2.21. The molecule has 1 aliphatic heterocycles. The van der Waals surface area contributed by atoms with Crippen LogP contribution in [-0.2, 0) is 33.3 Å². The lowest BCUT2D eigenvalue weighted by Crippen LogP contribution is -2.61. The molecule has 20 heavy (non-hydrogen) atoms. The first-order valence-corrected chi connectivity index (χ1v) is 6.15. The maximum absolute atomic E-state index is 12.0. The Kier molecular flexibility index (Phi) is 5.90. The van der Waals surface area contributed by atoms with E-state index in [-0.39, 0.29) is 12.8 Å². The number of amides is 1. The number of carbonyl (C=O) groups is 3. The largest absolute Gasteiger partial charge is 0.467 e. The van der Waals surface area contributed by atoms with E-state index in [1.54, 1.807) is 0 Å². The molecule has 1 rings (SSSR count). The molecular formula is C12H19NO7. The van der Waals surface area contributed by atoms with Crippen LogP contribution >= 0.6 is 0 Å². The molecule has 0 aromatic rings. The van der Waals surface area contributed by atoms with E-state index in [0.29, 0.717) is 13.2 Å². The average Bonchev–Trinajstić information content (AvgIpc) is 2.94. The fourth-order valence-corrected chi connectivity index (χ4v) is 2.01. The Balaban J connectivity index is 2.91. The summed E-state index contributed by atoms with van der Waals surface area (Å²) in [5.74, 6) is -2.33. The first kappa shape index (κ1) is 16.4. The van der Waals surface area contributed by atoms with Gasteiger partial charge in [-0.15, -0.1) is 0 Å². The van der Waals surface area contributed by atoms with Gasteiger partial charge in [0.05, 0.1) is 27.4 Å². The van der Waals surface area contributed by atoms with Crippen molar-refractivity contribution in [3.63, 3.8) is 0 Å². The molecule has 0 spiro atoms. The molecular weight excluding hydrogens is 270 g/mol. The summed E-state index contributed by atoms with van der Waals surface area (Å²) in [7, 11) is 2.26. The number of rotatable bonds is 6. The SMILES string of the molecule is COC(=O)C(CCC1OCCO1)(NC(C)=O)C(=O)OC. The van der Waals surface area contributed by atoms with Crippen LogP contribution in [0.3, 0.4) is 0 Å². The second-order valence-electron chi connectivity index (χ2n) is 4.28. The van der Waals surface area contributed by atoms with E-state index < -0.39 is 29.7 Å². The van der Waals surface area contributed by atoms with Gasteiger partial charge in [-0.1, -0.05) is 0 Å². The molecule has 0 bridgehead atoms. The summed E-state index contributed by atoms with van der Waals surface area (Å²) in [4.78, 5) is 35.2. The summed E-state index contributed by atoms with van der Waals surface area (Å²) in [5, 5.41) is 2.32. The Morgan fingerprint density at radius 2 is 1.65 bits per heavy atom.